The lowest BCUT2D eigenvalue weighted by molar-refractivity contribution is -0.134. The number of halogens is 1. The molecule has 0 aliphatic rings. The minimum absolute atomic E-state index is 0.478. The molecular formula is C12H14FNO2. The van der Waals surface area contributed by atoms with E-state index in [2.05, 4.69) is 5.32 Å². The zero-order chi connectivity index (χ0) is 12.1. The maximum atomic E-state index is 13.4. The zero-order valence-corrected chi connectivity index (χ0v) is 9.24. The molecule has 1 aromatic carbocycles. The van der Waals surface area contributed by atoms with Gasteiger partial charge in [-0.1, -0.05) is 32.0 Å². The molecule has 86 valence electrons. The Kier molecular flexibility index (Phi) is 4.17. The number of hydrogen-bond acceptors (Lipinski definition) is 2. The third kappa shape index (κ3) is 3.15. The summed E-state index contributed by atoms with van der Waals surface area (Å²) >= 11 is 0. The van der Waals surface area contributed by atoms with Gasteiger partial charge in [0.2, 0.25) is 6.17 Å². The molecule has 0 spiro atoms. The molecule has 0 saturated carbocycles. The Morgan fingerprint density at radius 2 is 1.75 bits per heavy atom. The highest BCUT2D eigenvalue weighted by Crippen LogP contribution is 2.09. The van der Waals surface area contributed by atoms with Gasteiger partial charge in [0.05, 0.1) is 0 Å². The maximum Gasteiger partial charge on any atom is 0.266 e. The van der Waals surface area contributed by atoms with Crippen LogP contribution in [0, 0.1) is 5.92 Å². The summed E-state index contributed by atoms with van der Waals surface area (Å²) in [5, 5.41) is 2.34. The lowest BCUT2D eigenvalue weighted by atomic mass is 10.0. The van der Waals surface area contributed by atoms with Crippen LogP contribution in [0.15, 0.2) is 30.3 Å². The van der Waals surface area contributed by atoms with Crippen LogP contribution < -0.4 is 5.32 Å². The number of ketones is 1. The SMILES string of the molecule is CC(C)C(=O)[C@@H](F)C(=O)Nc1ccccc1. The molecular weight excluding hydrogens is 209 g/mol. The summed E-state index contributed by atoms with van der Waals surface area (Å²) in [4.78, 5) is 22.6. The topological polar surface area (TPSA) is 46.2 Å². The van der Waals surface area contributed by atoms with Gasteiger partial charge in [0.25, 0.3) is 5.91 Å². The van der Waals surface area contributed by atoms with Crippen LogP contribution in [0.25, 0.3) is 0 Å². The largest absolute Gasteiger partial charge is 0.323 e. The smallest absolute Gasteiger partial charge is 0.266 e. The Bertz CT molecular complexity index is 376. The van der Waals surface area contributed by atoms with Crippen LogP contribution >= 0.6 is 0 Å². The monoisotopic (exact) mass is 223 g/mol. The fourth-order valence-electron chi connectivity index (χ4n) is 1.15. The van der Waals surface area contributed by atoms with E-state index in [9.17, 15) is 14.0 Å². The van der Waals surface area contributed by atoms with Gasteiger partial charge in [0.15, 0.2) is 5.78 Å². The first-order valence-corrected chi connectivity index (χ1v) is 5.06. The Balaban J connectivity index is 2.63. The van der Waals surface area contributed by atoms with Crippen LogP contribution in [0.5, 0.6) is 0 Å². The third-order valence-electron chi connectivity index (χ3n) is 2.09. The number of nitrogens with one attached hydrogen (secondary N) is 1. The first-order valence-electron chi connectivity index (χ1n) is 5.06. The number of alkyl halides is 1. The van der Waals surface area contributed by atoms with Crippen molar-refractivity contribution in [3.8, 4) is 0 Å². The van der Waals surface area contributed by atoms with E-state index >= 15 is 0 Å². The van der Waals surface area contributed by atoms with E-state index in [1.54, 1.807) is 44.2 Å². The van der Waals surface area contributed by atoms with E-state index in [4.69, 9.17) is 0 Å². The summed E-state index contributed by atoms with van der Waals surface area (Å²) < 4.78 is 13.4. The van der Waals surface area contributed by atoms with E-state index in [0.29, 0.717) is 5.69 Å². The van der Waals surface area contributed by atoms with Gasteiger partial charge in [-0.25, -0.2) is 4.39 Å². The molecule has 0 aromatic heterocycles. The summed E-state index contributed by atoms with van der Waals surface area (Å²) in [5.74, 6) is -2.10. The van der Waals surface area contributed by atoms with Crippen molar-refractivity contribution in [1.29, 1.82) is 0 Å². The standard InChI is InChI=1S/C12H14FNO2/c1-8(2)11(15)10(13)12(16)14-9-6-4-3-5-7-9/h3-8,10H,1-2H3,(H,14,16)/t10-/m1/s1. The molecule has 1 N–H and O–H groups in total. The van der Waals surface area contributed by atoms with Crippen molar-refractivity contribution >= 4 is 17.4 Å². The molecule has 0 aliphatic heterocycles. The summed E-state index contributed by atoms with van der Waals surface area (Å²) in [7, 11) is 0. The highest BCUT2D eigenvalue weighted by Gasteiger charge is 2.27. The summed E-state index contributed by atoms with van der Waals surface area (Å²) in [6.07, 6.45) is -2.10. The predicted octanol–water partition coefficient (Wildman–Crippen LogP) is 2.19. The van der Waals surface area contributed by atoms with Crippen LogP contribution in [-0.2, 0) is 9.59 Å². The second-order valence-corrected chi connectivity index (χ2v) is 3.77. The van der Waals surface area contributed by atoms with Gasteiger partial charge in [0, 0.05) is 11.6 Å². The number of anilines is 1. The first-order chi connectivity index (χ1) is 7.52. The molecule has 1 rings (SSSR count). The van der Waals surface area contributed by atoms with Crippen molar-refractivity contribution in [3.63, 3.8) is 0 Å². The molecule has 3 nitrogen and oxygen atoms in total. The Hall–Kier alpha value is -1.71. The number of amides is 1. The van der Waals surface area contributed by atoms with Gasteiger partial charge >= 0.3 is 0 Å². The maximum absolute atomic E-state index is 13.4. The van der Waals surface area contributed by atoms with E-state index in [0.717, 1.165) is 0 Å². The van der Waals surface area contributed by atoms with Gasteiger partial charge in [-0.3, -0.25) is 9.59 Å². The zero-order valence-electron chi connectivity index (χ0n) is 9.24. The molecule has 0 fully saturated rings. The lowest BCUT2D eigenvalue weighted by Gasteiger charge is -2.10. The van der Waals surface area contributed by atoms with Crippen LogP contribution in [0.1, 0.15) is 13.8 Å². The molecule has 0 bridgehead atoms. The van der Waals surface area contributed by atoms with E-state index < -0.39 is 23.8 Å². The number of carbonyl (C=O) groups excluding carboxylic acids is 2. The number of carbonyl (C=O) groups is 2. The van der Waals surface area contributed by atoms with Gasteiger partial charge < -0.3 is 5.32 Å². The minimum Gasteiger partial charge on any atom is -0.323 e. The van der Waals surface area contributed by atoms with Gasteiger partial charge in [-0.2, -0.15) is 0 Å². The fourth-order valence-corrected chi connectivity index (χ4v) is 1.15. The summed E-state index contributed by atoms with van der Waals surface area (Å²) in [6.45, 7) is 3.12. The Labute approximate surface area is 93.7 Å². The molecule has 1 atom stereocenters. The number of rotatable bonds is 4. The number of Topliss-reactive ketones (excluding diaryl/α,β-unsaturated/α-hetero) is 1. The van der Waals surface area contributed by atoms with Crippen LogP contribution in [0.4, 0.5) is 10.1 Å². The van der Waals surface area contributed by atoms with Crippen molar-refractivity contribution in [2.45, 2.75) is 20.0 Å². The second kappa shape index (κ2) is 5.39. The molecule has 4 heteroatoms. The van der Waals surface area contributed by atoms with Crippen molar-refractivity contribution in [3.05, 3.63) is 30.3 Å². The molecule has 0 radical (unpaired) electrons. The van der Waals surface area contributed by atoms with Crippen LogP contribution in [-0.4, -0.2) is 17.9 Å². The lowest BCUT2D eigenvalue weighted by Crippen LogP contribution is -2.33. The van der Waals surface area contributed by atoms with Crippen LogP contribution in [0.2, 0.25) is 0 Å². The fraction of sp³-hybridized carbons (Fsp3) is 0.333. The highest BCUT2D eigenvalue weighted by atomic mass is 19.1. The number of para-hydroxylation sites is 1. The molecule has 1 amide bonds. The third-order valence-corrected chi connectivity index (χ3v) is 2.09. The van der Waals surface area contributed by atoms with Gasteiger partial charge in [-0.15, -0.1) is 0 Å². The average molecular weight is 223 g/mol. The van der Waals surface area contributed by atoms with Crippen molar-refractivity contribution < 1.29 is 14.0 Å². The van der Waals surface area contributed by atoms with Crippen molar-refractivity contribution in [2.24, 2.45) is 5.92 Å². The van der Waals surface area contributed by atoms with Crippen molar-refractivity contribution in [2.75, 3.05) is 5.32 Å². The Morgan fingerprint density at radius 3 is 2.25 bits per heavy atom. The first kappa shape index (κ1) is 12.4. The average Bonchev–Trinajstić information content (AvgIpc) is 2.28. The van der Waals surface area contributed by atoms with Gasteiger partial charge in [0.1, 0.15) is 0 Å². The van der Waals surface area contributed by atoms with E-state index in [1.165, 1.54) is 0 Å². The molecule has 0 heterocycles. The predicted molar refractivity (Wildman–Crippen MR) is 59.8 cm³/mol. The minimum atomic E-state index is -2.10. The normalized spacial score (nSPS) is 12.2. The summed E-state index contributed by atoms with van der Waals surface area (Å²) in [5.41, 5.74) is 0.478. The van der Waals surface area contributed by atoms with Crippen molar-refractivity contribution in [1.82, 2.24) is 0 Å². The molecule has 0 saturated heterocycles. The highest BCUT2D eigenvalue weighted by molar-refractivity contribution is 6.10. The molecule has 0 aliphatic carbocycles. The van der Waals surface area contributed by atoms with Gasteiger partial charge in [-0.05, 0) is 12.1 Å². The quantitative estimate of drug-likeness (QED) is 0.795. The van der Waals surface area contributed by atoms with E-state index in [1.807, 2.05) is 0 Å². The molecule has 1 aromatic rings. The molecule has 0 unspecified atom stereocenters. The number of hydrogen-bond donors (Lipinski definition) is 1. The van der Waals surface area contributed by atoms with Crippen LogP contribution in [0.3, 0.4) is 0 Å². The Morgan fingerprint density at radius 1 is 1.19 bits per heavy atom. The summed E-state index contributed by atoms with van der Waals surface area (Å²) in [6, 6.07) is 8.47. The van der Waals surface area contributed by atoms with E-state index in [-0.39, 0.29) is 0 Å². The number of benzene rings is 1. The molecule has 16 heavy (non-hydrogen) atoms. The second-order valence-electron chi connectivity index (χ2n) is 3.77.